The summed E-state index contributed by atoms with van der Waals surface area (Å²) >= 11 is 6.00. The van der Waals surface area contributed by atoms with Crippen molar-refractivity contribution >= 4 is 28.8 Å². The Hall–Kier alpha value is -3.53. The highest BCUT2D eigenvalue weighted by Gasteiger charge is 2.20. The number of carbonyl (C=O) groups is 1. The van der Waals surface area contributed by atoms with Crippen molar-refractivity contribution in [1.29, 1.82) is 0 Å². The fraction of sp³-hybridized carbons (Fsp3) is 0.111. The van der Waals surface area contributed by atoms with Gasteiger partial charge in [-0.3, -0.25) is 9.89 Å². The standard InChI is InChI=1S/C18H13ClF2N6O2/c1-9-4-5-27-16(24-9)12(7-23-27)17(28)25-13-8-22-26-15(13)11-6-10(19)2-3-14(11)29-18(20)21/h2-8,18H,1H3,(H,22,26)(H,25,28). The Kier molecular flexibility index (Phi) is 4.85. The number of alkyl halides is 2. The highest BCUT2D eigenvalue weighted by Crippen LogP contribution is 2.36. The van der Waals surface area contributed by atoms with Crippen molar-refractivity contribution in [1.82, 2.24) is 24.8 Å². The molecule has 1 aromatic carbocycles. The molecule has 1 amide bonds. The van der Waals surface area contributed by atoms with E-state index in [1.807, 2.05) is 0 Å². The van der Waals surface area contributed by atoms with E-state index < -0.39 is 12.5 Å². The largest absolute Gasteiger partial charge is 0.434 e. The number of hydrogen-bond donors (Lipinski definition) is 2. The summed E-state index contributed by atoms with van der Waals surface area (Å²) in [4.78, 5) is 17.1. The first-order chi connectivity index (χ1) is 13.9. The van der Waals surface area contributed by atoms with Gasteiger partial charge in [0.1, 0.15) is 17.0 Å². The molecule has 3 heterocycles. The third kappa shape index (κ3) is 3.74. The van der Waals surface area contributed by atoms with Gasteiger partial charge in [-0.05, 0) is 31.2 Å². The van der Waals surface area contributed by atoms with Crippen LogP contribution in [-0.2, 0) is 0 Å². The van der Waals surface area contributed by atoms with E-state index >= 15 is 0 Å². The van der Waals surface area contributed by atoms with E-state index in [4.69, 9.17) is 11.6 Å². The van der Waals surface area contributed by atoms with Gasteiger partial charge in [0.05, 0.1) is 11.9 Å². The van der Waals surface area contributed by atoms with Crippen LogP contribution in [0.25, 0.3) is 16.9 Å². The minimum atomic E-state index is -3.03. The molecule has 4 aromatic rings. The number of aryl methyl sites for hydroxylation is 1. The Bertz CT molecular complexity index is 1210. The number of aromatic amines is 1. The molecule has 0 saturated carbocycles. The van der Waals surface area contributed by atoms with Crippen LogP contribution >= 0.6 is 11.6 Å². The molecule has 0 fully saturated rings. The number of H-pyrrole nitrogens is 1. The van der Waals surface area contributed by atoms with Gasteiger partial charge in [0, 0.05) is 28.7 Å². The minimum Gasteiger partial charge on any atom is -0.434 e. The van der Waals surface area contributed by atoms with Crippen LogP contribution in [0.15, 0.2) is 42.9 Å². The quantitative estimate of drug-likeness (QED) is 0.511. The first-order valence-corrected chi connectivity index (χ1v) is 8.71. The fourth-order valence-electron chi connectivity index (χ4n) is 2.79. The molecule has 0 spiro atoms. The summed E-state index contributed by atoms with van der Waals surface area (Å²) in [6.07, 6.45) is 4.50. The molecule has 4 rings (SSSR count). The van der Waals surface area contributed by atoms with Crippen molar-refractivity contribution in [3.05, 3.63) is 59.1 Å². The number of nitrogens with zero attached hydrogens (tertiary/aromatic N) is 4. The second kappa shape index (κ2) is 7.47. The molecule has 0 aliphatic rings. The topological polar surface area (TPSA) is 97.2 Å². The van der Waals surface area contributed by atoms with Crippen LogP contribution < -0.4 is 10.1 Å². The number of aromatic nitrogens is 5. The maximum Gasteiger partial charge on any atom is 0.387 e. The van der Waals surface area contributed by atoms with Crippen LogP contribution in [0.5, 0.6) is 5.75 Å². The molecule has 8 nitrogen and oxygen atoms in total. The molecule has 11 heteroatoms. The van der Waals surface area contributed by atoms with Gasteiger partial charge in [-0.1, -0.05) is 11.6 Å². The summed E-state index contributed by atoms with van der Waals surface area (Å²) in [5, 5.41) is 13.7. The second-order valence-corrected chi connectivity index (χ2v) is 6.45. The Morgan fingerprint density at radius 2 is 2.17 bits per heavy atom. The number of hydrogen-bond acceptors (Lipinski definition) is 5. The summed E-state index contributed by atoms with van der Waals surface area (Å²) in [6, 6.07) is 5.91. The molecule has 0 radical (unpaired) electrons. The number of benzene rings is 1. The van der Waals surface area contributed by atoms with Gasteiger partial charge < -0.3 is 10.1 Å². The van der Waals surface area contributed by atoms with Gasteiger partial charge in [-0.15, -0.1) is 0 Å². The normalized spacial score (nSPS) is 11.2. The minimum absolute atomic E-state index is 0.125. The van der Waals surface area contributed by atoms with E-state index in [-0.39, 0.29) is 28.3 Å². The Morgan fingerprint density at radius 3 is 2.97 bits per heavy atom. The summed E-state index contributed by atoms with van der Waals surface area (Å²) in [6.45, 7) is -1.23. The van der Waals surface area contributed by atoms with Crippen LogP contribution in [0.3, 0.4) is 0 Å². The number of rotatable bonds is 5. The zero-order valence-corrected chi connectivity index (χ0v) is 15.6. The van der Waals surface area contributed by atoms with Gasteiger partial charge >= 0.3 is 6.61 Å². The molecule has 0 saturated heterocycles. The van der Waals surface area contributed by atoms with E-state index in [0.29, 0.717) is 10.7 Å². The van der Waals surface area contributed by atoms with E-state index in [0.717, 1.165) is 5.69 Å². The number of anilines is 1. The Morgan fingerprint density at radius 1 is 1.34 bits per heavy atom. The third-order valence-corrected chi connectivity index (χ3v) is 4.29. The molecule has 0 bridgehead atoms. The van der Waals surface area contributed by atoms with E-state index in [2.05, 4.69) is 30.3 Å². The SMILES string of the molecule is Cc1ccn2ncc(C(=O)Nc3c[nH]nc3-c3cc(Cl)ccc3OC(F)F)c2n1. The molecule has 3 aromatic heterocycles. The van der Waals surface area contributed by atoms with Gasteiger partial charge in [-0.25, -0.2) is 9.50 Å². The Labute approximate surface area is 167 Å². The smallest absolute Gasteiger partial charge is 0.387 e. The lowest BCUT2D eigenvalue weighted by atomic mass is 10.1. The average Bonchev–Trinajstić information content (AvgIpc) is 3.29. The highest BCUT2D eigenvalue weighted by molar-refractivity contribution is 6.31. The molecular weight excluding hydrogens is 406 g/mol. The van der Waals surface area contributed by atoms with Crippen molar-refractivity contribution < 1.29 is 18.3 Å². The number of halogens is 3. The van der Waals surface area contributed by atoms with Crippen LogP contribution in [0.2, 0.25) is 5.02 Å². The number of ether oxygens (including phenoxy) is 1. The van der Waals surface area contributed by atoms with Crippen LogP contribution in [0.4, 0.5) is 14.5 Å². The number of nitrogens with one attached hydrogen (secondary N) is 2. The van der Waals surface area contributed by atoms with Crippen molar-refractivity contribution in [3.63, 3.8) is 0 Å². The summed E-state index contributed by atoms with van der Waals surface area (Å²) in [7, 11) is 0. The number of carbonyl (C=O) groups excluding carboxylic acids is 1. The van der Waals surface area contributed by atoms with E-state index in [1.54, 1.807) is 19.2 Å². The van der Waals surface area contributed by atoms with Gasteiger partial charge in [0.25, 0.3) is 5.91 Å². The highest BCUT2D eigenvalue weighted by atomic mass is 35.5. The summed E-state index contributed by atoms with van der Waals surface area (Å²) in [5.41, 5.74) is 2.00. The van der Waals surface area contributed by atoms with E-state index in [9.17, 15) is 13.6 Å². The molecule has 2 N–H and O–H groups in total. The molecular formula is C18H13ClF2N6O2. The van der Waals surface area contributed by atoms with Gasteiger partial charge in [0.15, 0.2) is 5.65 Å². The monoisotopic (exact) mass is 418 g/mol. The molecule has 0 unspecified atom stereocenters. The zero-order valence-electron chi connectivity index (χ0n) is 14.9. The van der Waals surface area contributed by atoms with Crippen molar-refractivity contribution in [2.75, 3.05) is 5.32 Å². The zero-order chi connectivity index (χ0) is 20.5. The molecule has 148 valence electrons. The van der Waals surface area contributed by atoms with Crippen LogP contribution in [0, 0.1) is 6.92 Å². The van der Waals surface area contributed by atoms with Crippen LogP contribution in [-0.4, -0.2) is 37.3 Å². The van der Waals surface area contributed by atoms with Gasteiger partial charge in [0.2, 0.25) is 0 Å². The third-order valence-electron chi connectivity index (χ3n) is 4.05. The molecule has 29 heavy (non-hydrogen) atoms. The maximum atomic E-state index is 12.8. The van der Waals surface area contributed by atoms with Crippen molar-refractivity contribution in [3.8, 4) is 17.0 Å². The molecule has 0 atom stereocenters. The lowest BCUT2D eigenvalue weighted by Gasteiger charge is -2.11. The first kappa shape index (κ1) is 18.8. The average molecular weight is 419 g/mol. The molecule has 0 aliphatic carbocycles. The maximum absolute atomic E-state index is 12.8. The predicted octanol–water partition coefficient (Wildman–Crippen LogP) is 3.93. The number of fused-ring (bicyclic) bond motifs is 1. The van der Waals surface area contributed by atoms with Gasteiger partial charge in [-0.2, -0.15) is 19.0 Å². The van der Waals surface area contributed by atoms with Crippen molar-refractivity contribution in [2.45, 2.75) is 13.5 Å². The predicted molar refractivity (Wildman–Crippen MR) is 101 cm³/mol. The number of amides is 1. The lowest BCUT2D eigenvalue weighted by Crippen LogP contribution is -2.12. The van der Waals surface area contributed by atoms with Crippen LogP contribution in [0.1, 0.15) is 16.1 Å². The summed E-state index contributed by atoms with van der Waals surface area (Å²) < 4.78 is 31.5. The Balaban J connectivity index is 1.69. The molecule has 0 aliphatic heterocycles. The fourth-order valence-corrected chi connectivity index (χ4v) is 2.96. The first-order valence-electron chi connectivity index (χ1n) is 8.33. The lowest BCUT2D eigenvalue weighted by molar-refractivity contribution is -0.0494. The van der Waals surface area contributed by atoms with E-state index in [1.165, 1.54) is 35.1 Å². The summed E-state index contributed by atoms with van der Waals surface area (Å²) in [5.74, 6) is -0.612. The van der Waals surface area contributed by atoms with Crippen molar-refractivity contribution in [2.24, 2.45) is 0 Å². The second-order valence-electron chi connectivity index (χ2n) is 6.02.